The number of aromatic nitrogens is 2. The van der Waals surface area contributed by atoms with Crippen LogP contribution in [0.2, 0.25) is 0 Å². The molecule has 88 valence electrons. The molecule has 2 N–H and O–H groups in total. The highest BCUT2D eigenvalue weighted by atomic mass is 79.9. The second-order valence-electron chi connectivity index (χ2n) is 3.47. The van der Waals surface area contributed by atoms with Gasteiger partial charge in [-0.2, -0.15) is 0 Å². The molecular formula is C11H8BrF2N3. The molecule has 0 unspecified atom stereocenters. The van der Waals surface area contributed by atoms with Crippen LogP contribution in [0.15, 0.2) is 28.9 Å². The zero-order chi connectivity index (χ0) is 12.4. The fourth-order valence-electron chi connectivity index (χ4n) is 1.40. The van der Waals surface area contributed by atoms with Gasteiger partial charge in [0.2, 0.25) is 0 Å². The van der Waals surface area contributed by atoms with Gasteiger partial charge in [0, 0.05) is 18.7 Å². The smallest absolute Gasteiger partial charge is 0.141 e. The van der Waals surface area contributed by atoms with Crippen LogP contribution in [-0.4, -0.2) is 9.97 Å². The molecule has 0 bridgehead atoms. The van der Waals surface area contributed by atoms with E-state index in [1.165, 1.54) is 18.3 Å². The minimum atomic E-state index is -0.620. The summed E-state index contributed by atoms with van der Waals surface area (Å²) >= 11 is 3.17. The lowest BCUT2D eigenvalue weighted by Gasteiger charge is -2.03. The number of hydrogen-bond acceptors (Lipinski definition) is 3. The summed E-state index contributed by atoms with van der Waals surface area (Å²) in [7, 11) is 0. The first kappa shape index (κ1) is 11.9. The normalized spacial score (nSPS) is 10.5. The van der Waals surface area contributed by atoms with Crippen molar-refractivity contribution in [2.24, 2.45) is 0 Å². The molecule has 3 nitrogen and oxygen atoms in total. The molecule has 6 heteroatoms. The number of benzene rings is 1. The third kappa shape index (κ3) is 2.97. The zero-order valence-corrected chi connectivity index (χ0v) is 10.2. The highest BCUT2D eigenvalue weighted by molar-refractivity contribution is 9.10. The zero-order valence-electron chi connectivity index (χ0n) is 8.62. The maximum atomic E-state index is 13.0. The Kier molecular flexibility index (Phi) is 3.33. The van der Waals surface area contributed by atoms with Gasteiger partial charge >= 0.3 is 0 Å². The minimum Gasteiger partial charge on any atom is -0.383 e. The molecule has 2 rings (SSSR count). The van der Waals surface area contributed by atoms with Crippen LogP contribution in [0.5, 0.6) is 0 Å². The third-order valence-electron chi connectivity index (χ3n) is 2.11. The maximum absolute atomic E-state index is 13.0. The highest BCUT2D eigenvalue weighted by Crippen LogP contribution is 2.17. The van der Waals surface area contributed by atoms with Crippen LogP contribution in [0, 0.1) is 11.6 Å². The number of hydrogen-bond donors (Lipinski definition) is 1. The Morgan fingerprint density at radius 3 is 2.41 bits per heavy atom. The van der Waals surface area contributed by atoms with Crippen molar-refractivity contribution in [3.8, 4) is 0 Å². The van der Waals surface area contributed by atoms with Gasteiger partial charge in [-0.25, -0.2) is 18.7 Å². The van der Waals surface area contributed by atoms with Crippen LogP contribution < -0.4 is 5.73 Å². The van der Waals surface area contributed by atoms with E-state index in [9.17, 15) is 8.78 Å². The van der Waals surface area contributed by atoms with Crippen LogP contribution >= 0.6 is 15.9 Å². The first-order valence-corrected chi connectivity index (χ1v) is 5.56. The number of rotatable bonds is 2. The Balaban J connectivity index is 2.28. The predicted molar refractivity (Wildman–Crippen MR) is 63.3 cm³/mol. The Bertz CT molecular complexity index is 540. The van der Waals surface area contributed by atoms with Gasteiger partial charge in [-0.05, 0) is 33.6 Å². The van der Waals surface area contributed by atoms with Crippen LogP contribution in [0.3, 0.4) is 0 Å². The lowest BCUT2D eigenvalue weighted by Crippen LogP contribution is -2.01. The Morgan fingerprint density at radius 2 is 1.82 bits per heavy atom. The molecule has 0 saturated heterocycles. The van der Waals surface area contributed by atoms with Crippen molar-refractivity contribution >= 4 is 21.7 Å². The van der Waals surface area contributed by atoms with Gasteiger partial charge in [0.1, 0.15) is 23.3 Å². The lowest BCUT2D eigenvalue weighted by atomic mass is 10.1. The second kappa shape index (κ2) is 4.75. The van der Waals surface area contributed by atoms with Gasteiger partial charge in [0.25, 0.3) is 0 Å². The van der Waals surface area contributed by atoms with Crippen molar-refractivity contribution in [3.63, 3.8) is 0 Å². The maximum Gasteiger partial charge on any atom is 0.141 e. The van der Waals surface area contributed by atoms with Crippen LogP contribution in [0.1, 0.15) is 11.4 Å². The lowest BCUT2D eigenvalue weighted by molar-refractivity contribution is 0.580. The van der Waals surface area contributed by atoms with E-state index in [-0.39, 0.29) is 6.42 Å². The molecule has 0 fully saturated rings. The number of nitrogens with zero attached hydrogens (tertiary/aromatic N) is 2. The van der Waals surface area contributed by atoms with Crippen molar-refractivity contribution in [2.45, 2.75) is 6.42 Å². The minimum absolute atomic E-state index is 0.228. The fourth-order valence-corrected chi connectivity index (χ4v) is 1.59. The molecule has 1 aromatic heterocycles. The van der Waals surface area contributed by atoms with E-state index in [4.69, 9.17) is 5.73 Å². The van der Waals surface area contributed by atoms with Gasteiger partial charge in [-0.3, -0.25) is 0 Å². The van der Waals surface area contributed by atoms with Crippen molar-refractivity contribution in [3.05, 3.63) is 51.9 Å². The SMILES string of the molecule is Nc1nc(Cc2cc(F)cc(F)c2)ncc1Br. The van der Waals surface area contributed by atoms with Gasteiger partial charge < -0.3 is 5.73 Å². The van der Waals surface area contributed by atoms with Crippen LogP contribution in [0.25, 0.3) is 0 Å². The molecule has 0 spiro atoms. The van der Waals surface area contributed by atoms with Crippen molar-refractivity contribution in [1.82, 2.24) is 9.97 Å². The predicted octanol–water partition coefficient (Wildman–Crippen LogP) is 2.69. The summed E-state index contributed by atoms with van der Waals surface area (Å²) in [5, 5.41) is 0. The van der Waals surface area contributed by atoms with Crippen LogP contribution in [0.4, 0.5) is 14.6 Å². The molecule has 0 aliphatic rings. The molecule has 1 aromatic carbocycles. The molecule has 0 aliphatic heterocycles. The fraction of sp³-hybridized carbons (Fsp3) is 0.0909. The monoisotopic (exact) mass is 299 g/mol. The number of anilines is 1. The van der Waals surface area contributed by atoms with Gasteiger partial charge in [-0.1, -0.05) is 0 Å². The number of nitrogens with two attached hydrogens (primary N) is 1. The van der Waals surface area contributed by atoms with E-state index in [2.05, 4.69) is 25.9 Å². The first-order chi connectivity index (χ1) is 8.04. The Morgan fingerprint density at radius 1 is 1.18 bits per heavy atom. The molecule has 17 heavy (non-hydrogen) atoms. The standard InChI is InChI=1S/C11H8BrF2N3/c12-9-5-16-10(17-11(9)15)3-6-1-7(13)4-8(14)2-6/h1-2,4-5H,3H2,(H2,15,16,17). The summed E-state index contributed by atoms with van der Waals surface area (Å²) in [6, 6.07) is 3.30. The van der Waals surface area contributed by atoms with Gasteiger partial charge in [0.05, 0.1) is 4.47 Å². The summed E-state index contributed by atoms with van der Waals surface area (Å²) in [4.78, 5) is 8.01. The molecule has 0 amide bonds. The van der Waals surface area contributed by atoms with E-state index < -0.39 is 11.6 Å². The molecule has 0 aliphatic carbocycles. The van der Waals surface area contributed by atoms with E-state index in [1.807, 2.05) is 0 Å². The molecule has 0 atom stereocenters. The number of halogens is 3. The van der Waals surface area contributed by atoms with E-state index in [0.717, 1.165) is 6.07 Å². The molecule has 1 heterocycles. The average Bonchev–Trinajstić information content (AvgIpc) is 2.22. The summed E-state index contributed by atoms with van der Waals surface area (Å²) < 4.78 is 26.5. The summed E-state index contributed by atoms with van der Waals surface area (Å²) in [6.45, 7) is 0. The number of nitrogen functional groups attached to an aromatic ring is 1. The van der Waals surface area contributed by atoms with Crippen molar-refractivity contribution in [2.75, 3.05) is 5.73 Å². The highest BCUT2D eigenvalue weighted by Gasteiger charge is 2.05. The van der Waals surface area contributed by atoms with Crippen LogP contribution in [-0.2, 0) is 6.42 Å². The summed E-state index contributed by atoms with van der Waals surface area (Å²) in [6.07, 6.45) is 1.74. The summed E-state index contributed by atoms with van der Waals surface area (Å²) in [5.74, 6) is -0.530. The molecule has 0 radical (unpaired) electrons. The quantitative estimate of drug-likeness (QED) is 0.927. The Hall–Kier alpha value is -1.56. The molecule has 2 aromatic rings. The van der Waals surface area contributed by atoms with Gasteiger partial charge in [-0.15, -0.1) is 0 Å². The topological polar surface area (TPSA) is 51.8 Å². The largest absolute Gasteiger partial charge is 0.383 e. The average molecular weight is 300 g/mol. The van der Waals surface area contributed by atoms with E-state index in [1.54, 1.807) is 0 Å². The molecular weight excluding hydrogens is 292 g/mol. The first-order valence-electron chi connectivity index (χ1n) is 4.76. The van der Waals surface area contributed by atoms with E-state index >= 15 is 0 Å². The van der Waals surface area contributed by atoms with Gasteiger partial charge in [0.15, 0.2) is 0 Å². The molecule has 0 saturated carbocycles. The second-order valence-corrected chi connectivity index (χ2v) is 4.33. The van der Waals surface area contributed by atoms with Crippen molar-refractivity contribution < 1.29 is 8.78 Å². The Labute approximate surface area is 105 Å². The van der Waals surface area contributed by atoms with E-state index in [0.29, 0.717) is 21.7 Å². The third-order valence-corrected chi connectivity index (χ3v) is 2.72. The van der Waals surface area contributed by atoms with Crippen molar-refractivity contribution in [1.29, 1.82) is 0 Å². The summed E-state index contributed by atoms with van der Waals surface area (Å²) in [5.41, 5.74) is 6.05.